The number of unbranched alkanes of at least 4 members (excludes halogenated alkanes) is 1. The summed E-state index contributed by atoms with van der Waals surface area (Å²) in [5.74, 6) is 0. The molecule has 0 N–H and O–H groups in total. The average Bonchev–Trinajstić information content (AvgIpc) is 3.90. The lowest BCUT2D eigenvalue weighted by atomic mass is 10.0. The molecule has 11 aromatic rings. The topological polar surface area (TPSA) is 9.86 Å². The van der Waals surface area contributed by atoms with Gasteiger partial charge in [-0.3, -0.25) is 0 Å². The Hall–Kier alpha value is -6.42. The van der Waals surface area contributed by atoms with E-state index in [0.717, 1.165) is 6.42 Å². The van der Waals surface area contributed by atoms with E-state index in [1.807, 2.05) is 11.3 Å². The summed E-state index contributed by atoms with van der Waals surface area (Å²) in [5, 5.41) is 7.69. The molecule has 0 saturated carbocycles. The summed E-state index contributed by atoms with van der Waals surface area (Å²) in [7, 11) is 0. The van der Waals surface area contributed by atoms with Crippen LogP contribution >= 0.6 is 11.3 Å². The first kappa shape index (κ1) is 32.0. The summed E-state index contributed by atoms with van der Waals surface area (Å²) in [6.07, 6.45) is 3.57. The van der Waals surface area contributed by atoms with Crippen LogP contribution < -0.4 is 0 Å². The van der Waals surface area contributed by atoms with Gasteiger partial charge in [-0.25, -0.2) is 0 Å². The predicted octanol–water partition coefficient (Wildman–Crippen LogP) is 14.9. The zero-order valence-electron chi connectivity index (χ0n) is 30.7. The van der Waals surface area contributed by atoms with E-state index in [0.29, 0.717) is 0 Å². The van der Waals surface area contributed by atoms with Gasteiger partial charge in [-0.05, 0) is 113 Å². The number of hydrogen-bond acceptors (Lipinski definition) is 1. The molecule has 0 unspecified atom stereocenters. The number of para-hydroxylation sites is 2. The Bertz CT molecular complexity index is 3230. The van der Waals surface area contributed by atoms with Crippen LogP contribution in [-0.2, 0) is 6.42 Å². The largest absolute Gasteiger partial charge is 0.309 e. The number of fused-ring (bicyclic) bond motifs is 9. The van der Waals surface area contributed by atoms with Crippen LogP contribution in [0.3, 0.4) is 0 Å². The fourth-order valence-corrected chi connectivity index (χ4v) is 9.95. The van der Waals surface area contributed by atoms with Gasteiger partial charge in [-0.15, -0.1) is 11.3 Å². The summed E-state index contributed by atoms with van der Waals surface area (Å²) in [6, 6.07) is 65.4. The summed E-state index contributed by atoms with van der Waals surface area (Å²) < 4.78 is 7.53. The second kappa shape index (κ2) is 12.9. The van der Waals surface area contributed by atoms with Crippen molar-refractivity contribution in [1.29, 1.82) is 0 Å². The fourth-order valence-electron chi connectivity index (χ4n) is 8.84. The van der Waals surface area contributed by atoms with Crippen LogP contribution in [-0.4, -0.2) is 9.13 Å². The number of aryl methyl sites for hydroxylation is 1. The number of hydrogen-bond donors (Lipinski definition) is 0. The van der Waals surface area contributed by atoms with Crippen molar-refractivity contribution in [2.45, 2.75) is 26.2 Å². The molecule has 0 radical (unpaired) electrons. The normalized spacial score (nSPS) is 11.9. The average molecular weight is 723 g/mol. The van der Waals surface area contributed by atoms with Crippen LogP contribution in [0, 0.1) is 0 Å². The van der Waals surface area contributed by atoms with Gasteiger partial charge in [-0.2, -0.15) is 0 Å². The quantitative estimate of drug-likeness (QED) is 0.155. The Balaban J connectivity index is 1.07. The number of rotatable bonds is 7. The van der Waals surface area contributed by atoms with Crippen molar-refractivity contribution in [3.63, 3.8) is 0 Å². The maximum atomic E-state index is 2.49. The van der Waals surface area contributed by atoms with Gasteiger partial charge in [-0.1, -0.05) is 116 Å². The fraction of sp³-hybridized carbons (Fsp3) is 0.0769. The third-order valence-corrected chi connectivity index (χ3v) is 12.6. The minimum atomic E-state index is 1.13. The lowest BCUT2D eigenvalue weighted by Gasteiger charge is -2.11. The molecule has 2 nitrogen and oxygen atoms in total. The molecule has 55 heavy (non-hydrogen) atoms. The van der Waals surface area contributed by atoms with Gasteiger partial charge in [0, 0.05) is 47.4 Å². The van der Waals surface area contributed by atoms with Crippen LogP contribution in [0.4, 0.5) is 0 Å². The zero-order valence-corrected chi connectivity index (χ0v) is 31.5. The molecule has 0 aliphatic heterocycles. The monoisotopic (exact) mass is 722 g/mol. The Morgan fingerprint density at radius 1 is 0.418 bits per heavy atom. The lowest BCUT2D eigenvalue weighted by Crippen LogP contribution is -1.95. The first-order valence-electron chi connectivity index (χ1n) is 19.4. The standard InChI is InChI=1S/C52H38N2S/c1-2-3-12-34-21-26-39(27-22-34)53-45-17-9-7-15-40(45)42-31-37(23-28-47(42)53)38-24-29-48-43(32-38)41-16-8-10-18-46(41)54(48)49-19-11-20-51-52(49)44-33-36(25-30-50(44)55-51)35-13-5-4-6-14-35/h4-11,13-33H,2-3,12H2,1H3. The third-order valence-electron chi connectivity index (χ3n) is 11.5. The maximum Gasteiger partial charge on any atom is 0.0555 e. The van der Waals surface area contributed by atoms with Gasteiger partial charge in [0.05, 0.1) is 27.8 Å². The van der Waals surface area contributed by atoms with Crippen molar-refractivity contribution in [1.82, 2.24) is 9.13 Å². The van der Waals surface area contributed by atoms with Crippen LogP contribution in [0.2, 0.25) is 0 Å². The highest BCUT2D eigenvalue weighted by atomic mass is 32.1. The molecule has 0 fully saturated rings. The number of aromatic nitrogens is 2. The maximum absolute atomic E-state index is 2.49. The van der Waals surface area contributed by atoms with Gasteiger partial charge in [0.15, 0.2) is 0 Å². The van der Waals surface area contributed by atoms with Crippen molar-refractivity contribution < 1.29 is 0 Å². The Kier molecular flexibility index (Phi) is 7.50. The van der Waals surface area contributed by atoms with Gasteiger partial charge < -0.3 is 9.13 Å². The molecule has 0 spiro atoms. The van der Waals surface area contributed by atoms with E-state index >= 15 is 0 Å². The highest BCUT2D eigenvalue weighted by Crippen LogP contribution is 2.43. The van der Waals surface area contributed by atoms with E-state index in [1.54, 1.807) is 0 Å². The molecule has 0 aliphatic carbocycles. The van der Waals surface area contributed by atoms with E-state index < -0.39 is 0 Å². The molecule has 0 atom stereocenters. The summed E-state index contributed by atoms with van der Waals surface area (Å²) >= 11 is 1.88. The van der Waals surface area contributed by atoms with Crippen molar-refractivity contribution in [3.8, 4) is 33.6 Å². The first-order chi connectivity index (χ1) is 27.2. The second-order valence-corrected chi connectivity index (χ2v) is 15.9. The van der Waals surface area contributed by atoms with E-state index in [-0.39, 0.29) is 0 Å². The molecule has 0 aliphatic rings. The zero-order chi connectivity index (χ0) is 36.5. The van der Waals surface area contributed by atoms with E-state index in [4.69, 9.17) is 0 Å². The second-order valence-electron chi connectivity index (χ2n) is 14.8. The van der Waals surface area contributed by atoms with Crippen LogP contribution in [0.15, 0.2) is 176 Å². The minimum Gasteiger partial charge on any atom is -0.309 e. The van der Waals surface area contributed by atoms with E-state index in [2.05, 4.69) is 192 Å². The van der Waals surface area contributed by atoms with E-state index in [9.17, 15) is 0 Å². The highest BCUT2D eigenvalue weighted by Gasteiger charge is 2.19. The highest BCUT2D eigenvalue weighted by molar-refractivity contribution is 7.25. The van der Waals surface area contributed by atoms with Crippen molar-refractivity contribution in [2.24, 2.45) is 0 Å². The number of nitrogens with zero attached hydrogens (tertiary/aromatic N) is 2. The molecule has 8 aromatic carbocycles. The molecule has 3 heteroatoms. The van der Waals surface area contributed by atoms with E-state index in [1.165, 1.54) is 116 Å². The Morgan fingerprint density at radius 3 is 1.71 bits per heavy atom. The first-order valence-corrected chi connectivity index (χ1v) is 20.2. The minimum absolute atomic E-state index is 1.13. The smallest absolute Gasteiger partial charge is 0.0555 e. The van der Waals surface area contributed by atoms with Crippen LogP contribution in [0.5, 0.6) is 0 Å². The van der Waals surface area contributed by atoms with Gasteiger partial charge in [0.25, 0.3) is 0 Å². The molecule has 262 valence electrons. The number of benzene rings is 8. The Labute approximate surface area is 324 Å². The molecule has 0 bridgehead atoms. The van der Waals surface area contributed by atoms with Crippen LogP contribution in [0.1, 0.15) is 25.3 Å². The van der Waals surface area contributed by atoms with Crippen molar-refractivity contribution in [2.75, 3.05) is 0 Å². The molecule has 11 rings (SSSR count). The predicted molar refractivity (Wildman–Crippen MR) is 237 cm³/mol. The van der Waals surface area contributed by atoms with Gasteiger partial charge in [0.1, 0.15) is 0 Å². The SMILES string of the molecule is CCCCc1ccc(-n2c3ccccc3c3cc(-c4ccc5c(c4)c4ccccc4n5-c4cccc5sc6ccc(-c7ccccc7)cc6c45)ccc32)cc1. The van der Waals surface area contributed by atoms with Crippen LogP contribution in [0.25, 0.3) is 97.4 Å². The van der Waals surface area contributed by atoms with Crippen molar-refractivity contribution in [3.05, 3.63) is 181 Å². The summed E-state index contributed by atoms with van der Waals surface area (Å²) in [4.78, 5) is 0. The third kappa shape index (κ3) is 5.15. The molecule has 0 saturated heterocycles. The molecular formula is C52H38N2S. The van der Waals surface area contributed by atoms with Crippen molar-refractivity contribution >= 4 is 75.1 Å². The molecular weight excluding hydrogens is 685 g/mol. The summed E-state index contributed by atoms with van der Waals surface area (Å²) in [5.41, 5.74) is 13.7. The number of thiophene rings is 1. The van der Waals surface area contributed by atoms with Gasteiger partial charge in [0.2, 0.25) is 0 Å². The summed E-state index contributed by atoms with van der Waals surface area (Å²) in [6.45, 7) is 2.26. The molecule has 0 amide bonds. The van der Waals surface area contributed by atoms with Gasteiger partial charge >= 0.3 is 0 Å². The molecule has 3 heterocycles. The Morgan fingerprint density at radius 2 is 1.00 bits per heavy atom. The molecule has 3 aromatic heterocycles. The lowest BCUT2D eigenvalue weighted by molar-refractivity contribution is 0.795.